The van der Waals surface area contributed by atoms with Crippen LogP contribution in [0.25, 0.3) is 0 Å². The van der Waals surface area contributed by atoms with E-state index >= 15 is 0 Å². The van der Waals surface area contributed by atoms with Crippen LogP contribution < -0.4 is 4.72 Å². The van der Waals surface area contributed by atoms with E-state index in [-0.39, 0.29) is 21.8 Å². The number of aromatic carboxylic acids is 1. The van der Waals surface area contributed by atoms with Crippen molar-refractivity contribution in [2.75, 3.05) is 4.72 Å². The summed E-state index contributed by atoms with van der Waals surface area (Å²) < 4.78 is 27.2. The Labute approximate surface area is 126 Å². The lowest BCUT2D eigenvalue weighted by atomic mass is 10.2. The first-order valence-corrected chi connectivity index (χ1v) is 7.79. The second-order valence-corrected chi connectivity index (χ2v) is 6.56. The molecule has 0 radical (unpaired) electrons. The molecule has 0 saturated heterocycles. The Morgan fingerprint density at radius 1 is 1.33 bits per heavy atom. The minimum absolute atomic E-state index is 0.0696. The fraction of sp³-hybridized carbons (Fsp3) is 0.154. The zero-order valence-corrected chi connectivity index (χ0v) is 12.8. The number of aromatic amines is 1. The number of carbonyl (C=O) groups is 1. The number of aryl methyl sites for hydroxylation is 1. The minimum Gasteiger partial charge on any atom is -0.477 e. The predicted octanol–water partition coefficient (Wildman–Crippen LogP) is 2.78. The maximum atomic E-state index is 12.4. The number of nitrogens with one attached hydrogen (secondary N) is 2. The van der Waals surface area contributed by atoms with E-state index in [4.69, 9.17) is 16.7 Å². The molecule has 0 atom stereocenters. The smallest absolute Gasteiger partial charge is 0.352 e. The standard InChI is InChI=1S/C13H13ClN2O4S/c1-7-11(13(17)18)15-8(2)12(7)21(19,20)16-10-5-3-4-9(14)6-10/h3-6,15-16H,1-2H3,(H,17,18). The molecule has 0 aliphatic carbocycles. The second kappa shape index (κ2) is 5.42. The first kappa shape index (κ1) is 15.4. The highest BCUT2D eigenvalue weighted by atomic mass is 35.5. The van der Waals surface area contributed by atoms with Crippen LogP contribution in [0.1, 0.15) is 21.7 Å². The number of hydrogen-bond acceptors (Lipinski definition) is 3. The van der Waals surface area contributed by atoms with Gasteiger partial charge in [0.05, 0.1) is 5.69 Å². The summed E-state index contributed by atoms with van der Waals surface area (Å²) in [6, 6.07) is 6.25. The number of anilines is 1. The SMILES string of the molecule is Cc1[nH]c(C(=O)O)c(C)c1S(=O)(=O)Nc1cccc(Cl)c1. The zero-order valence-electron chi connectivity index (χ0n) is 11.3. The molecule has 0 bridgehead atoms. The van der Waals surface area contributed by atoms with Gasteiger partial charge in [-0.3, -0.25) is 4.72 Å². The van der Waals surface area contributed by atoms with E-state index in [1.165, 1.54) is 19.9 Å². The van der Waals surface area contributed by atoms with E-state index in [0.717, 1.165) is 0 Å². The molecule has 3 N–H and O–H groups in total. The molecular weight excluding hydrogens is 316 g/mol. The molecule has 0 amide bonds. The molecule has 0 aliphatic rings. The van der Waals surface area contributed by atoms with Crippen molar-refractivity contribution in [1.82, 2.24) is 4.98 Å². The highest BCUT2D eigenvalue weighted by molar-refractivity contribution is 7.92. The van der Waals surface area contributed by atoms with E-state index in [1.807, 2.05) is 0 Å². The van der Waals surface area contributed by atoms with Crippen LogP contribution in [-0.4, -0.2) is 24.5 Å². The number of rotatable bonds is 4. The van der Waals surface area contributed by atoms with Gasteiger partial charge in [0, 0.05) is 16.3 Å². The summed E-state index contributed by atoms with van der Waals surface area (Å²) in [5, 5.41) is 9.42. The molecule has 6 nitrogen and oxygen atoms in total. The van der Waals surface area contributed by atoms with Gasteiger partial charge in [-0.15, -0.1) is 0 Å². The van der Waals surface area contributed by atoms with Crippen molar-refractivity contribution in [3.8, 4) is 0 Å². The fourth-order valence-electron chi connectivity index (χ4n) is 2.11. The van der Waals surface area contributed by atoms with E-state index in [2.05, 4.69) is 9.71 Å². The summed E-state index contributed by atoms with van der Waals surface area (Å²) in [4.78, 5) is 13.6. The Balaban J connectivity index is 2.48. The van der Waals surface area contributed by atoms with Crippen LogP contribution in [0.4, 0.5) is 5.69 Å². The third kappa shape index (κ3) is 3.03. The van der Waals surface area contributed by atoms with Crippen molar-refractivity contribution in [3.63, 3.8) is 0 Å². The quantitative estimate of drug-likeness (QED) is 0.803. The lowest BCUT2D eigenvalue weighted by Crippen LogP contribution is -2.14. The maximum absolute atomic E-state index is 12.4. The lowest BCUT2D eigenvalue weighted by Gasteiger charge is -2.09. The van der Waals surface area contributed by atoms with Gasteiger partial charge in [-0.25, -0.2) is 13.2 Å². The summed E-state index contributed by atoms with van der Waals surface area (Å²) in [6.45, 7) is 2.95. The third-order valence-corrected chi connectivity index (χ3v) is 4.82. The number of carboxylic acids is 1. The molecule has 1 aromatic carbocycles. The summed E-state index contributed by atoms with van der Waals surface area (Å²) in [5.74, 6) is -1.21. The van der Waals surface area contributed by atoms with Crippen molar-refractivity contribution in [2.45, 2.75) is 18.7 Å². The van der Waals surface area contributed by atoms with Gasteiger partial charge in [0.25, 0.3) is 10.0 Å². The molecule has 0 fully saturated rings. The van der Waals surface area contributed by atoms with Gasteiger partial charge >= 0.3 is 5.97 Å². The van der Waals surface area contributed by atoms with Crippen molar-refractivity contribution in [2.24, 2.45) is 0 Å². The molecule has 0 aliphatic heterocycles. The molecule has 2 aromatic rings. The molecule has 1 heterocycles. The number of sulfonamides is 1. The number of hydrogen-bond donors (Lipinski definition) is 3. The number of carboxylic acid groups (broad SMARTS) is 1. The number of aromatic nitrogens is 1. The normalized spacial score (nSPS) is 11.4. The van der Waals surface area contributed by atoms with Gasteiger partial charge in [0.15, 0.2) is 0 Å². The van der Waals surface area contributed by atoms with Gasteiger partial charge in [-0.1, -0.05) is 17.7 Å². The van der Waals surface area contributed by atoms with Crippen LogP contribution >= 0.6 is 11.6 Å². The van der Waals surface area contributed by atoms with Crippen molar-refractivity contribution in [1.29, 1.82) is 0 Å². The second-order valence-electron chi connectivity index (χ2n) is 4.50. The van der Waals surface area contributed by atoms with Crippen LogP contribution in [0.15, 0.2) is 29.2 Å². The third-order valence-electron chi connectivity index (χ3n) is 2.93. The van der Waals surface area contributed by atoms with Gasteiger partial charge in [-0.2, -0.15) is 0 Å². The first-order valence-electron chi connectivity index (χ1n) is 5.93. The van der Waals surface area contributed by atoms with E-state index in [1.54, 1.807) is 18.2 Å². The van der Waals surface area contributed by atoms with Crippen LogP contribution in [0, 0.1) is 13.8 Å². The largest absolute Gasteiger partial charge is 0.477 e. The average Bonchev–Trinajstić information content (AvgIpc) is 2.64. The summed E-state index contributed by atoms with van der Waals surface area (Å²) in [6.07, 6.45) is 0. The molecule has 0 saturated carbocycles. The molecule has 112 valence electrons. The molecule has 8 heteroatoms. The van der Waals surface area contributed by atoms with E-state index < -0.39 is 16.0 Å². The summed E-state index contributed by atoms with van der Waals surface area (Å²) in [7, 11) is -3.91. The van der Waals surface area contributed by atoms with Gasteiger partial charge < -0.3 is 10.1 Å². The monoisotopic (exact) mass is 328 g/mol. The van der Waals surface area contributed by atoms with Crippen LogP contribution in [0.2, 0.25) is 5.02 Å². The average molecular weight is 329 g/mol. The van der Waals surface area contributed by atoms with Crippen LogP contribution in [0.3, 0.4) is 0 Å². The highest BCUT2D eigenvalue weighted by Crippen LogP contribution is 2.26. The van der Waals surface area contributed by atoms with Gasteiger partial charge in [0.1, 0.15) is 10.6 Å². The van der Waals surface area contributed by atoms with Crippen molar-refractivity contribution >= 4 is 33.3 Å². The van der Waals surface area contributed by atoms with Crippen molar-refractivity contribution < 1.29 is 18.3 Å². The Kier molecular flexibility index (Phi) is 3.97. The van der Waals surface area contributed by atoms with E-state index in [9.17, 15) is 13.2 Å². The number of H-pyrrole nitrogens is 1. The number of halogens is 1. The van der Waals surface area contributed by atoms with Crippen LogP contribution in [-0.2, 0) is 10.0 Å². The Hall–Kier alpha value is -1.99. The number of benzene rings is 1. The molecular formula is C13H13ClN2O4S. The van der Waals surface area contributed by atoms with E-state index in [0.29, 0.717) is 10.7 Å². The lowest BCUT2D eigenvalue weighted by molar-refractivity contribution is 0.0690. The van der Waals surface area contributed by atoms with Crippen molar-refractivity contribution in [3.05, 3.63) is 46.2 Å². The summed E-state index contributed by atoms with van der Waals surface area (Å²) >= 11 is 5.81. The molecule has 2 rings (SSSR count). The highest BCUT2D eigenvalue weighted by Gasteiger charge is 2.26. The maximum Gasteiger partial charge on any atom is 0.352 e. The molecule has 0 unspecified atom stereocenters. The Morgan fingerprint density at radius 2 is 2.00 bits per heavy atom. The Bertz CT molecular complexity index is 812. The first-order chi connectivity index (χ1) is 9.72. The zero-order chi connectivity index (χ0) is 15.8. The molecule has 0 spiro atoms. The fourth-order valence-corrected chi connectivity index (χ4v) is 3.80. The van der Waals surface area contributed by atoms with Crippen LogP contribution in [0.5, 0.6) is 0 Å². The minimum atomic E-state index is -3.91. The van der Waals surface area contributed by atoms with Gasteiger partial charge in [0.2, 0.25) is 0 Å². The predicted molar refractivity (Wildman–Crippen MR) is 79.5 cm³/mol. The summed E-state index contributed by atoms with van der Waals surface area (Å²) in [5.41, 5.74) is 0.590. The molecule has 1 aromatic heterocycles. The van der Waals surface area contributed by atoms with Gasteiger partial charge in [-0.05, 0) is 32.0 Å². The topological polar surface area (TPSA) is 99.3 Å². The molecule has 21 heavy (non-hydrogen) atoms. The Morgan fingerprint density at radius 3 is 2.52 bits per heavy atom.